The summed E-state index contributed by atoms with van der Waals surface area (Å²) in [5.41, 5.74) is 1.60. The molecule has 5 heteroatoms. The number of carbonyl (C=O) groups excluding carboxylic acids is 1. The topological polar surface area (TPSA) is 85.3 Å². The van der Waals surface area contributed by atoms with E-state index in [1.165, 1.54) is 6.92 Å². The smallest absolute Gasteiger partial charge is 0.216 e. The van der Waals surface area contributed by atoms with Gasteiger partial charge < -0.3 is 20.5 Å². The summed E-state index contributed by atoms with van der Waals surface area (Å²) in [4.78, 5) is 13.8. The van der Waals surface area contributed by atoms with E-state index in [2.05, 4.69) is 10.3 Å². The largest absolute Gasteiger partial charge is 0.388 e. The van der Waals surface area contributed by atoms with Gasteiger partial charge in [-0.05, 0) is 29.1 Å². The Hall–Kier alpha value is -1.85. The normalized spacial score (nSPS) is 14.4. The number of benzene rings is 1. The number of H-pyrrole nitrogens is 1. The standard InChI is InChI=1S/C13H16N2O3/c1-8(16)15-7-12(17)13(18)10-2-3-11-9(6-10)4-5-14-11/h2-6,12-14,17-18H,7H2,1H3,(H,15,16). The summed E-state index contributed by atoms with van der Waals surface area (Å²) in [5.74, 6) is -0.234. The third-order valence-electron chi connectivity index (χ3n) is 2.84. The van der Waals surface area contributed by atoms with E-state index < -0.39 is 12.2 Å². The number of aliphatic hydroxyl groups is 2. The molecule has 0 aliphatic rings. The van der Waals surface area contributed by atoms with Crippen molar-refractivity contribution >= 4 is 16.8 Å². The molecular formula is C13H16N2O3. The molecule has 2 unspecified atom stereocenters. The molecule has 1 amide bonds. The van der Waals surface area contributed by atoms with Gasteiger partial charge in [-0.3, -0.25) is 4.79 Å². The highest BCUT2D eigenvalue weighted by Crippen LogP contribution is 2.21. The lowest BCUT2D eigenvalue weighted by Gasteiger charge is -2.18. The molecule has 0 aliphatic heterocycles. The lowest BCUT2D eigenvalue weighted by atomic mass is 10.0. The van der Waals surface area contributed by atoms with Gasteiger partial charge in [0.1, 0.15) is 12.2 Å². The van der Waals surface area contributed by atoms with Crippen molar-refractivity contribution in [1.29, 1.82) is 0 Å². The Balaban J connectivity index is 2.11. The summed E-state index contributed by atoms with van der Waals surface area (Å²) in [6.07, 6.45) is -0.226. The number of aliphatic hydroxyl groups excluding tert-OH is 2. The molecule has 0 spiro atoms. The zero-order valence-corrected chi connectivity index (χ0v) is 10.1. The van der Waals surface area contributed by atoms with E-state index in [9.17, 15) is 15.0 Å². The van der Waals surface area contributed by atoms with E-state index in [0.717, 1.165) is 10.9 Å². The molecule has 1 aromatic heterocycles. The van der Waals surface area contributed by atoms with Crippen molar-refractivity contribution in [2.75, 3.05) is 6.54 Å². The average Bonchev–Trinajstić information content (AvgIpc) is 2.81. The molecule has 2 aromatic rings. The van der Waals surface area contributed by atoms with Crippen molar-refractivity contribution in [2.45, 2.75) is 19.1 Å². The summed E-state index contributed by atoms with van der Waals surface area (Å²) in [6, 6.07) is 7.30. The van der Waals surface area contributed by atoms with E-state index in [1.54, 1.807) is 6.07 Å². The Bertz CT molecular complexity index is 550. The number of amides is 1. The van der Waals surface area contributed by atoms with Gasteiger partial charge in [0.15, 0.2) is 0 Å². The summed E-state index contributed by atoms with van der Waals surface area (Å²) >= 11 is 0. The summed E-state index contributed by atoms with van der Waals surface area (Å²) in [6.45, 7) is 1.40. The van der Waals surface area contributed by atoms with Crippen molar-refractivity contribution in [1.82, 2.24) is 10.3 Å². The highest BCUT2D eigenvalue weighted by Gasteiger charge is 2.18. The Kier molecular flexibility index (Phi) is 3.64. The number of hydrogen-bond acceptors (Lipinski definition) is 3. The minimum absolute atomic E-state index is 0.0294. The number of rotatable bonds is 4. The molecule has 0 fully saturated rings. The zero-order chi connectivity index (χ0) is 13.1. The molecule has 0 aliphatic carbocycles. The monoisotopic (exact) mass is 248 g/mol. The van der Waals surface area contributed by atoms with Crippen molar-refractivity contribution in [3.63, 3.8) is 0 Å². The fourth-order valence-corrected chi connectivity index (χ4v) is 1.84. The molecule has 0 radical (unpaired) electrons. The van der Waals surface area contributed by atoms with Crippen LogP contribution in [0.3, 0.4) is 0 Å². The molecule has 18 heavy (non-hydrogen) atoms. The van der Waals surface area contributed by atoms with E-state index in [-0.39, 0.29) is 12.5 Å². The van der Waals surface area contributed by atoms with Gasteiger partial charge in [0.2, 0.25) is 5.91 Å². The number of aromatic nitrogens is 1. The van der Waals surface area contributed by atoms with E-state index in [4.69, 9.17) is 0 Å². The fourth-order valence-electron chi connectivity index (χ4n) is 1.84. The van der Waals surface area contributed by atoms with Gasteiger partial charge >= 0.3 is 0 Å². The fraction of sp³-hybridized carbons (Fsp3) is 0.308. The first-order valence-electron chi connectivity index (χ1n) is 5.75. The highest BCUT2D eigenvalue weighted by atomic mass is 16.3. The Labute approximate surface area is 104 Å². The number of nitrogens with one attached hydrogen (secondary N) is 2. The maximum absolute atomic E-state index is 10.7. The van der Waals surface area contributed by atoms with Gasteiger partial charge in [0.25, 0.3) is 0 Å². The summed E-state index contributed by atoms with van der Waals surface area (Å²) in [7, 11) is 0. The predicted octanol–water partition coefficient (Wildman–Crippen LogP) is 0.698. The molecule has 2 atom stereocenters. The van der Waals surface area contributed by atoms with Crippen LogP contribution in [0, 0.1) is 0 Å². The Morgan fingerprint density at radius 1 is 1.39 bits per heavy atom. The lowest BCUT2D eigenvalue weighted by molar-refractivity contribution is -0.119. The minimum atomic E-state index is -1.02. The molecular weight excluding hydrogens is 232 g/mol. The van der Waals surface area contributed by atoms with Crippen LogP contribution in [0.5, 0.6) is 0 Å². The van der Waals surface area contributed by atoms with Gasteiger partial charge in [-0.1, -0.05) is 6.07 Å². The first kappa shape index (κ1) is 12.6. The van der Waals surface area contributed by atoms with Crippen molar-refractivity contribution in [3.8, 4) is 0 Å². The van der Waals surface area contributed by atoms with Gasteiger partial charge in [-0.15, -0.1) is 0 Å². The van der Waals surface area contributed by atoms with Crippen LogP contribution in [-0.4, -0.2) is 33.8 Å². The molecule has 1 aromatic carbocycles. The molecule has 1 heterocycles. The Morgan fingerprint density at radius 3 is 2.89 bits per heavy atom. The molecule has 96 valence electrons. The highest BCUT2D eigenvalue weighted by molar-refractivity contribution is 5.80. The third kappa shape index (κ3) is 2.69. The van der Waals surface area contributed by atoms with Gasteiger partial charge in [0, 0.05) is 25.2 Å². The van der Waals surface area contributed by atoms with Crippen LogP contribution < -0.4 is 5.32 Å². The van der Waals surface area contributed by atoms with Gasteiger partial charge in [0.05, 0.1) is 0 Å². The van der Waals surface area contributed by atoms with Crippen LogP contribution in [-0.2, 0) is 4.79 Å². The molecule has 4 N–H and O–H groups in total. The van der Waals surface area contributed by atoms with E-state index in [1.807, 2.05) is 24.4 Å². The SMILES string of the molecule is CC(=O)NCC(O)C(O)c1ccc2[nH]ccc2c1. The van der Waals surface area contributed by atoms with Crippen molar-refractivity contribution < 1.29 is 15.0 Å². The molecule has 0 bridgehead atoms. The maximum Gasteiger partial charge on any atom is 0.216 e. The summed E-state index contributed by atoms with van der Waals surface area (Å²) in [5, 5.41) is 23.2. The zero-order valence-electron chi connectivity index (χ0n) is 10.1. The second-order valence-corrected chi connectivity index (χ2v) is 4.27. The first-order chi connectivity index (χ1) is 8.58. The third-order valence-corrected chi connectivity index (χ3v) is 2.84. The molecule has 0 saturated heterocycles. The van der Waals surface area contributed by atoms with Crippen LogP contribution in [0.15, 0.2) is 30.5 Å². The van der Waals surface area contributed by atoms with Crippen LogP contribution in [0.1, 0.15) is 18.6 Å². The molecule has 2 rings (SSSR count). The second-order valence-electron chi connectivity index (χ2n) is 4.27. The van der Waals surface area contributed by atoms with Crippen molar-refractivity contribution in [2.24, 2.45) is 0 Å². The number of aromatic amines is 1. The van der Waals surface area contributed by atoms with Gasteiger partial charge in [-0.2, -0.15) is 0 Å². The quantitative estimate of drug-likeness (QED) is 0.642. The average molecular weight is 248 g/mol. The van der Waals surface area contributed by atoms with E-state index in [0.29, 0.717) is 5.56 Å². The predicted molar refractivity (Wildman–Crippen MR) is 67.9 cm³/mol. The summed E-state index contributed by atoms with van der Waals surface area (Å²) < 4.78 is 0. The van der Waals surface area contributed by atoms with Crippen molar-refractivity contribution in [3.05, 3.63) is 36.0 Å². The van der Waals surface area contributed by atoms with Crippen LogP contribution in [0.2, 0.25) is 0 Å². The number of fused-ring (bicyclic) bond motifs is 1. The van der Waals surface area contributed by atoms with E-state index >= 15 is 0 Å². The number of hydrogen-bond donors (Lipinski definition) is 4. The maximum atomic E-state index is 10.7. The number of carbonyl (C=O) groups is 1. The Morgan fingerprint density at radius 2 is 2.17 bits per heavy atom. The molecule has 5 nitrogen and oxygen atoms in total. The second kappa shape index (κ2) is 5.20. The minimum Gasteiger partial charge on any atom is -0.388 e. The van der Waals surface area contributed by atoms with Crippen LogP contribution >= 0.6 is 0 Å². The van der Waals surface area contributed by atoms with Crippen LogP contribution in [0.4, 0.5) is 0 Å². The first-order valence-corrected chi connectivity index (χ1v) is 5.75. The van der Waals surface area contributed by atoms with Crippen LogP contribution in [0.25, 0.3) is 10.9 Å². The molecule has 0 saturated carbocycles. The lowest BCUT2D eigenvalue weighted by Crippen LogP contribution is -2.34. The van der Waals surface area contributed by atoms with Gasteiger partial charge in [-0.25, -0.2) is 0 Å².